The van der Waals surface area contributed by atoms with Crippen LogP contribution in [0.15, 0.2) is 12.3 Å². The summed E-state index contributed by atoms with van der Waals surface area (Å²) < 4.78 is 6.60. The van der Waals surface area contributed by atoms with E-state index in [1.54, 1.807) is 37.9 Å². The van der Waals surface area contributed by atoms with Crippen molar-refractivity contribution in [3.8, 4) is 0 Å². The van der Waals surface area contributed by atoms with Gasteiger partial charge in [-0.05, 0) is 20.3 Å². The molecule has 1 aromatic rings. The number of carboxylic acid groups (broad SMARTS) is 1. The normalized spacial score (nSPS) is 11.2. The molecule has 1 heterocycles. The van der Waals surface area contributed by atoms with Crippen molar-refractivity contribution in [3.63, 3.8) is 0 Å². The number of hydrogen-bond donors (Lipinski definition) is 3. The van der Waals surface area contributed by atoms with Crippen molar-refractivity contribution >= 4 is 17.8 Å². The number of carboxylic acids is 1. The molecule has 0 atom stereocenters. The lowest BCUT2D eigenvalue weighted by atomic mass is 9.99. The van der Waals surface area contributed by atoms with Crippen LogP contribution in [0, 0.1) is 0 Å². The van der Waals surface area contributed by atoms with Crippen molar-refractivity contribution in [1.82, 2.24) is 15.1 Å². The summed E-state index contributed by atoms with van der Waals surface area (Å²) in [5.41, 5.74) is -0.610. The second kappa shape index (κ2) is 7.63. The summed E-state index contributed by atoms with van der Waals surface area (Å²) in [7, 11) is 1.61. The van der Waals surface area contributed by atoms with E-state index in [1.165, 1.54) is 0 Å². The van der Waals surface area contributed by atoms with Crippen molar-refractivity contribution in [1.29, 1.82) is 0 Å². The minimum absolute atomic E-state index is 0.00107. The molecule has 21 heavy (non-hydrogen) atoms. The van der Waals surface area contributed by atoms with Gasteiger partial charge in [0.1, 0.15) is 0 Å². The molecule has 8 heteroatoms. The van der Waals surface area contributed by atoms with Crippen molar-refractivity contribution in [3.05, 3.63) is 12.3 Å². The zero-order chi connectivity index (χ0) is 15.9. The van der Waals surface area contributed by atoms with Crippen LogP contribution in [0.2, 0.25) is 0 Å². The minimum atomic E-state index is -0.887. The Morgan fingerprint density at radius 2 is 2.19 bits per heavy atom. The number of nitrogens with zero attached hydrogens (tertiary/aromatic N) is 2. The molecular weight excluding hydrogens is 276 g/mol. The van der Waals surface area contributed by atoms with Crippen LogP contribution >= 0.6 is 0 Å². The zero-order valence-corrected chi connectivity index (χ0v) is 12.5. The number of hydrogen-bond acceptors (Lipinski definition) is 4. The molecule has 2 amide bonds. The number of methoxy groups -OCH3 is 1. The maximum absolute atomic E-state index is 11.9. The van der Waals surface area contributed by atoms with E-state index in [0.717, 1.165) is 0 Å². The van der Waals surface area contributed by atoms with E-state index in [9.17, 15) is 9.59 Å². The molecule has 0 aliphatic carbocycles. The number of aromatic nitrogens is 2. The van der Waals surface area contributed by atoms with E-state index in [-0.39, 0.29) is 6.42 Å². The molecule has 0 saturated heterocycles. The van der Waals surface area contributed by atoms with E-state index >= 15 is 0 Å². The highest BCUT2D eigenvalue weighted by Gasteiger charge is 2.21. The lowest BCUT2D eigenvalue weighted by Gasteiger charge is -2.25. The van der Waals surface area contributed by atoms with Gasteiger partial charge in [-0.15, -0.1) is 0 Å². The first-order chi connectivity index (χ1) is 9.82. The summed E-state index contributed by atoms with van der Waals surface area (Å²) in [6.45, 7) is 4.68. The van der Waals surface area contributed by atoms with Crippen LogP contribution < -0.4 is 10.6 Å². The Morgan fingerprint density at radius 3 is 2.81 bits per heavy atom. The number of carbonyl (C=O) groups is 2. The third-order valence-electron chi connectivity index (χ3n) is 2.82. The number of nitrogens with one attached hydrogen (secondary N) is 2. The van der Waals surface area contributed by atoms with Crippen molar-refractivity contribution in [2.24, 2.45) is 0 Å². The van der Waals surface area contributed by atoms with Gasteiger partial charge in [0.15, 0.2) is 5.82 Å². The SMILES string of the molecule is COCCn1ccc(NC(=O)NC(C)(C)CCC(=O)O)n1. The second-order valence-electron chi connectivity index (χ2n) is 5.31. The fourth-order valence-corrected chi connectivity index (χ4v) is 1.67. The average molecular weight is 298 g/mol. The van der Waals surface area contributed by atoms with Crippen LogP contribution in [-0.2, 0) is 16.1 Å². The molecule has 0 unspecified atom stereocenters. The van der Waals surface area contributed by atoms with Crippen molar-refractivity contribution in [2.75, 3.05) is 19.0 Å². The Bertz CT molecular complexity index is 484. The molecule has 1 rings (SSSR count). The number of amides is 2. The summed E-state index contributed by atoms with van der Waals surface area (Å²) in [5, 5.41) is 18.2. The standard InChI is InChI=1S/C13H22N4O4/c1-13(2,6-4-11(18)19)15-12(20)14-10-5-7-17(16-10)8-9-21-3/h5,7H,4,6,8-9H2,1-3H3,(H,18,19)(H2,14,15,16,20). The molecule has 0 aliphatic rings. The molecule has 0 bridgehead atoms. The minimum Gasteiger partial charge on any atom is -0.481 e. The topological polar surface area (TPSA) is 105 Å². The monoisotopic (exact) mass is 298 g/mol. The van der Waals surface area contributed by atoms with Crippen LogP contribution in [0.5, 0.6) is 0 Å². The van der Waals surface area contributed by atoms with E-state index in [2.05, 4.69) is 15.7 Å². The van der Waals surface area contributed by atoms with Gasteiger partial charge in [0.2, 0.25) is 0 Å². The first-order valence-electron chi connectivity index (χ1n) is 6.66. The van der Waals surface area contributed by atoms with Gasteiger partial charge in [0, 0.05) is 31.3 Å². The largest absolute Gasteiger partial charge is 0.481 e. The van der Waals surface area contributed by atoms with Gasteiger partial charge >= 0.3 is 12.0 Å². The maximum atomic E-state index is 11.9. The lowest BCUT2D eigenvalue weighted by Crippen LogP contribution is -2.45. The molecule has 0 aromatic carbocycles. The van der Waals surface area contributed by atoms with Gasteiger partial charge in [0.05, 0.1) is 13.2 Å². The number of urea groups is 1. The number of anilines is 1. The van der Waals surface area contributed by atoms with Crippen LogP contribution in [0.1, 0.15) is 26.7 Å². The van der Waals surface area contributed by atoms with Crippen LogP contribution in [0.25, 0.3) is 0 Å². The van der Waals surface area contributed by atoms with Crippen LogP contribution in [0.3, 0.4) is 0 Å². The summed E-state index contributed by atoms with van der Waals surface area (Å²) in [6, 6.07) is 1.27. The first-order valence-corrected chi connectivity index (χ1v) is 6.66. The molecule has 0 fully saturated rings. The Morgan fingerprint density at radius 1 is 1.48 bits per heavy atom. The maximum Gasteiger partial charge on any atom is 0.320 e. The Labute approximate surface area is 123 Å². The number of aliphatic carboxylic acids is 1. The summed E-state index contributed by atoms with van der Waals surface area (Å²) in [4.78, 5) is 22.4. The lowest BCUT2D eigenvalue weighted by molar-refractivity contribution is -0.137. The summed E-state index contributed by atoms with van der Waals surface area (Å²) >= 11 is 0. The molecular formula is C13H22N4O4. The van der Waals surface area contributed by atoms with Gasteiger partial charge in [-0.2, -0.15) is 5.10 Å². The molecule has 1 aromatic heterocycles. The quantitative estimate of drug-likeness (QED) is 0.670. The fourth-order valence-electron chi connectivity index (χ4n) is 1.67. The highest BCUT2D eigenvalue weighted by molar-refractivity contribution is 5.88. The Kier molecular flexibility index (Phi) is 6.16. The molecule has 3 N–H and O–H groups in total. The summed E-state index contributed by atoms with van der Waals surface area (Å²) in [6.07, 6.45) is 2.08. The third kappa shape index (κ3) is 6.75. The zero-order valence-electron chi connectivity index (χ0n) is 12.5. The predicted octanol–water partition coefficient (Wildman–Crippen LogP) is 1.29. The van der Waals surface area contributed by atoms with Crippen molar-refractivity contribution < 1.29 is 19.4 Å². The van der Waals surface area contributed by atoms with E-state index in [1.807, 2.05) is 0 Å². The smallest absolute Gasteiger partial charge is 0.320 e. The second-order valence-corrected chi connectivity index (χ2v) is 5.31. The molecule has 118 valence electrons. The highest BCUT2D eigenvalue weighted by Crippen LogP contribution is 2.12. The van der Waals surface area contributed by atoms with E-state index in [0.29, 0.717) is 25.4 Å². The third-order valence-corrected chi connectivity index (χ3v) is 2.82. The Hall–Kier alpha value is -2.09. The van der Waals surface area contributed by atoms with E-state index in [4.69, 9.17) is 9.84 Å². The molecule has 0 aliphatic heterocycles. The Balaban J connectivity index is 2.45. The van der Waals surface area contributed by atoms with Crippen LogP contribution in [0.4, 0.5) is 10.6 Å². The number of rotatable bonds is 8. The molecule has 8 nitrogen and oxygen atoms in total. The molecule has 0 radical (unpaired) electrons. The van der Waals surface area contributed by atoms with E-state index < -0.39 is 17.5 Å². The van der Waals surface area contributed by atoms with Crippen LogP contribution in [-0.4, -0.2) is 46.1 Å². The number of carbonyl (C=O) groups excluding carboxylic acids is 1. The van der Waals surface area contributed by atoms with Gasteiger partial charge in [-0.1, -0.05) is 0 Å². The average Bonchev–Trinajstić information content (AvgIpc) is 2.81. The van der Waals surface area contributed by atoms with Gasteiger partial charge in [0.25, 0.3) is 0 Å². The van der Waals surface area contributed by atoms with Gasteiger partial charge in [-0.3, -0.25) is 14.8 Å². The fraction of sp³-hybridized carbons (Fsp3) is 0.615. The summed E-state index contributed by atoms with van der Waals surface area (Å²) in [5.74, 6) is -0.459. The first kappa shape index (κ1) is 17.0. The highest BCUT2D eigenvalue weighted by atomic mass is 16.5. The van der Waals surface area contributed by atoms with Crippen molar-refractivity contribution in [2.45, 2.75) is 38.8 Å². The number of ether oxygens (including phenoxy) is 1. The molecule has 0 spiro atoms. The van der Waals surface area contributed by atoms with Gasteiger partial charge in [-0.25, -0.2) is 4.79 Å². The molecule has 0 saturated carbocycles. The predicted molar refractivity (Wildman–Crippen MR) is 77.2 cm³/mol. The van der Waals surface area contributed by atoms with Gasteiger partial charge < -0.3 is 15.2 Å².